The lowest BCUT2D eigenvalue weighted by atomic mass is 9.88. The van der Waals surface area contributed by atoms with Crippen LogP contribution < -0.4 is 19.8 Å². The number of hydrogen-bond donors (Lipinski definition) is 0. The molecule has 0 radical (unpaired) electrons. The van der Waals surface area contributed by atoms with Crippen molar-refractivity contribution in [3.63, 3.8) is 0 Å². The van der Waals surface area contributed by atoms with Crippen LogP contribution in [0.4, 0.5) is 0 Å². The predicted octanol–water partition coefficient (Wildman–Crippen LogP) is 4.04. The van der Waals surface area contributed by atoms with Gasteiger partial charge in [-0.25, -0.2) is 9.59 Å². The minimum absolute atomic E-state index is 0.0408. The number of fused-ring (bicyclic) bond motifs is 3. The summed E-state index contributed by atoms with van der Waals surface area (Å²) in [6.07, 6.45) is -1.06. The molecule has 1 aliphatic rings. The molecule has 0 fully saturated rings. The Morgan fingerprint density at radius 2 is 1.90 bits per heavy atom. The van der Waals surface area contributed by atoms with Crippen LogP contribution in [-0.4, -0.2) is 31.9 Å². The molecule has 7 heteroatoms. The Morgan fingerprint density at radius 3 is 2.61 bits per heavy atom. The van der Waals surface area contributed by atoms with Crippen LogP contribution in [0.15, 0.2) is 51.7 Å². The van der Waals surface area contributed by atoms with E-state index >= 15 is 0 Å². The highest BCUT2D eigenvalue weighted by Gasteiger charge is 2.45. The summed E-state index contributed by atoms with van der Waals surface area (Å²) in [6, 6.07) is 12.4. The van der Waals surface area contributed by atoms with Crippen molar-refractivity contribution < 1.29 is 28.2 Å². The number of carbonyl (C=O) groups excluding carboxylic acids is 1. The summed E-state index contributed by atoms with van der Waals surface area (Å²) in [5, 5.41) is 0.626. The highest BCUT2D eigenvalue weighted by atomic mass is 16.6. The summed E-state index contributed by atoms with van der Waals surface area (Å²) < 4.78 is 28.1. The zero-order chi connectivity index (χ0) is 22.1. The topological polar surface area (TPSA) is 84.2 Å². The summed E-state index contributed by atoms with van der Waals surface area (Å²) in [5.74, 6) is 0.146. The zero-order valence-electron chi connectivity index (χ0n) is 17.8. The van der Waals surface area contributed by atoms with Gasteiger partial charge >= 0.3 is 11.6 Å². The first-order chi connectivity index (χ1) is 14.9. The van der Waals surface area contributed by atoms with Gasteiger partial charge in [-0.3, -0.25) is 0 Å². The van der Waals surface area contributed by atoms with Crippen molar-refractivity contribution in [1.29, 1.82) is 0 Å². The Bertz CT molecular complexity index is 1180. The van der Waals surface area contributed by atoms with Gasteiger partial charge < -0.3 is 23.4 Å². The van der Waals surface area contributed by atoms with Gasteiger partial charge in [-0.15, -0.1) is 0 Å². The molecule has 0 amide bonds. The van der Waals surface area contributed by atoms with Crippen molar-refractivity contribution in [1.82, 2.24) is 0 Å². The van der Waals surface area contributed by atoms with E-state index in [1.165, 1.54) is 7.11 Å². The van der Waals surface area contributed by atoms with Gasteiger partial charge in [0.2, 0.25) is 6.10 Å². The standard InChI is InChI=1S/C24H24O7/c1-5-28-24(26)22-19(14-10-11-17(29-13(2)3)18(12-14)27-4)20-21(31-22)15-8-6-7-9-16(15)30-23(20)25/h6-13,19,22H,5H2,1-4H3. The summed E-state index contributed by atoms with van der Waals surface area (Å²) in [4.78, 5) is 25.7. The molecule has 2 aromatic carbocycles. The van der Waals surface area contributed by atoms with E-state index in [1.54, 1.807) is 43.3 Å². The number of methoxy groups -OCH3 is 1. The molecule has 1 aliphatic heterocycles. The van der Waals surface area contributed by atoms with Crippen LogP contribution in [0.1, 0.15) is 37.8 Å². The first kappa shape index (κ1) is 20.8. The van der Waals surface area contributed by atoms with Gasteiger partial charge in [0, 0.05) is 0 Å². The number of para-hydroxylation sites is 1. The first-order valence-electron chi connectivity index (χ1n) is 10.2. The number of hydrogen-bond acceptors (Lipinski definition) is 7. The van der Waals surface area contributed by atoms with E-state index in [9.17, 15) is 9.59 Å². The lowest BCUT2D eigenvalue weighted by molar-refractivity contribution is -0.151. The Labute approximate surface area is 179 Å². The maximum absolute atomic E-state index is 12.9. The molecule has 2 unspecified atom stereocenters. The zero-order valence-corrected chi connectivity index (χ0v) is 17.8. The molecule has 0 saturated carbocycles. The normalized spacial score (nSPS) is 17.3. The van der Waals surface area contributed by atoms with E-state index in [-0.39, 0.29) is 18.3 Å². The molecular formula is C24H24O7. The highest BCUT2D eigenvalue weighted by Crippen LogP contribution is 2.46. The lowest BCUT2D eigenvalue weighted by Gasteiger charge is -2.20. The van der Waals surface area contributed by atoms with Crippen molar-refractivity contribution in [2.75, 3.05) is 13.7 Å². The van der Waals surface area contributed by atoms with E-state index in [0.29, 0.717) is 33.8 Å². The van der Waals surface area contributed by atoms with E-state index in [2.05, 4.69) is 0 Å². The third-order valence-corrected chi connectivity index (χ3v) is 5.09. The quantitative estimate of drug-likeness (QED) is 0.436. The SMILES string of the molecule is CCOC(=O)C1Oc2c(c(=O)oc3ccccc23)C1c1ccc(OC(C)C)c(OC)c1. The van der Waals surface area contributed by atoms with Crippen LogP contribution in [0.25, 0.3) is 11.0 Å². The summed E-state index contributed by atoms with van der Waals surface area (Å²) in [6.45, 7) is 5.75. The van der Waals surface area contributed by atoms with Crippen molar-refractivity contribution in [3.05, 3.63) is 64.0 Å². The minimum atomic E-state index is -1.02. The predicted molar refractivity (Wildman–Crippen MR) is 114 cm³/mol. The summed E-state index contributed by atoms with van der Waals surface area (Å²) in [7, 11) is 1.54. The first-order valence-corrected chi connectivity index (χ1v) is 10.2. The fourth-order valence-corrected chi connectivity index (χ4v) is 3.86. The number of rotatable bonds is 6. The van der Waals surface area contributed by atoms with Crippen molar-refractivity contribution in [3.8, 4) is 17.2 Å². The van der Waals surface area contributed by atoms with Gasteiger partial charge in [0.15, 0.2) is 11.5 Å². The Kier molecular flexibility index (Phi) is 5.59. The number of ether oxygens (including phenoxy) is 4. The molecule has 7 nitrogen and oxygen atoms in total. The van der Waals surface area contributed by atoms with Gasteiger partial charge in [-0.2, -0.15) is 0 Å². The van der Waals surface area contributed by atoms with E-state index in [4.69, 9.17) is 23.4 Å². The summed E-state index contributed by atoms with van der Waals surface area (Å²) in [5.41, 5.74) is 0.795. The highest BCUT2D eigenvalue weighted by molar-refractivity contribution is 5.88. The van der Waals surface area contributed by atoms with E-state index in [1.807, 2.05) is 19.9 Å². The maximum Gasteiger partial charge on any atom is 0.348 e. The average molecular weight is 424 g/mol. The second kappa shape index (κ2) is 8.34. The average Bonchev–Trinajstić information content (AvgIpc) is 3.16. The van der Waals surface area contributed by atoms with Gasteiger partial charge in [-0.05, 0) is 50.6 Å². The second-order valence-corrected chi connectivity index (χ2v) is 7.47. The van der Waals surface area contributed by atoms with Crippen LogP contribution >= 0.6 is 0 Å². The van der Waals surface area contributed by atoms with Crippen molar-refractivity contribution in [2.45, 2.75) is 38.9 Å². The molecule has 0 N–H and O–H groups in total. The molecule has 0 bridgehead atoms. The molecule has 2 heterocycles. The molecule has 0 aliphatic carbocycles. The van der Waals surface area contributed by atoms with Gasteiger partial charge in [0.25, 0.3) is 0 Å². The molecular weight excluding hydrogens is 400 g/mol. The van der Waals surface area contributed by atoms with Gasteiger partial charge in [0.05, 0.1) is 36.7 Å². The lowest BCUT2D eigenvalue weighted by Crippen LogP contribution is -2.32. The molecule has 162 valence electrons. The second-order valence-electron chi connectivity index (χ2n) is 7.47. The number of carbonyl (C=O) groups is 1. The third kappa shape index (κ3) is 3.71. The number of esters is 1. The minimum Gasteiger partial charge on any atom is -0.493 e. The largest absolute Gasteiger partial charge is 0.493 e. The summed E-state index contributed by atoms with van der Waals surface area (Å²) >= 11 is 0. The van der Waals surface area contributed by atoms with E-state index < -0.39 is 23.6 Å². The number of benzene rings is 2. The molecule has 2 atom stereocenters. The Hall–Kier alpha value is -3.48. The third-order valence-electron chi connectivity index (χ3n) is 5.09. The molecule has 1 aromatic heterocycles. The molecule has 0 spiro atoms. The Balaban J connectivity index is 1.90. The molecule has 3 aromatic rings. The van der Waals surface area contributed by atoms with Crippen LogP contribution in [0.2, 0.25) is 0 Å². The molecule has 0 saturated heterocycles. The van der Waals surface area contributed by atoms with E-state index in [0.717, 1.165) is 0 Å². The van der Waals surface area contributed by atoms with Gasteiger partial charge in [-0.1, -0.05) is 18.2 Å². The van der Waals surface area contributed by atoms with Crippen LogP contribution in [0.5, 0.6) is 17.2 Å². The fraction of sp³-hybridized carbons (Fsp3) is 0.333. The Morgan fingerprint density at radius 1 is 1.13 bits per heavy atom. The fourth-order valence-electron chi connectivity index (χ4n) is 3.86. The smallest absolute Gasteiger partial charge is 0.348 e. The van der Waals surface area contributed by atoms with Crippen molar-refractivity contribution in [2.24, 2.45) is 0 Å². The molecule has 31 heavy (non-hydrogen) atoms. The van der Waals surface area contributed by atoms with Crippen LogP contribution in [-0.2, 0) is 9.53 Å². The molecule has 4 rings (SSSR count). The maximum atomic E-state index is 12.9. The monoisotopic (exact) mass is 424 g/mol. The van der Waals surface area contributed by atoms with Crippen LogP contribution in [0.3, 0.4) is 0 Å². The van der Waals surface area contributed by atoms with Crippen molar-refractivity contribution >= 4 is 16.9 Å². The van der Waals surface area contributed by atoms with Gasteiger partial charge in [0.1, 0.15) is 11.3 Å². The van der Waals surface area contributed by atoms with Crippen LogP contribution in [0, 0.1) is 0 Å².